The van der Waals surface area contributed by atoms with Gasteiger partial charge in [0.2, 0.25) is 0 Å². The summed E-state index contributed by atoms with van der Waals surface area (Å²) in [6, 6.07) is 16.8. The van der Waals surface area contributed by atoms with E-state index < -0.39 is 57.1 Å². The first-order chi connectivity index (χ1) is 26.4. The van der Waals surface area contributed by atoms with Gasteiger partial charge in [-0.05, 0) is 80.8 Å². The van der Waals surface area contributed by atoms with Gasteiger partial charge in [-0.15, -0.1) is 0 Å². The van der Waals surface area contributed by atoms with Crippen LogP contribution in [0.3, 0.4) is 0 Å². The quantitative estimate of drug-likeness (QED) is 0.107. The molecule has 0 bridgehead atoms. The van der Waals surface area contributed by atoms with Crippen molar-refractivity contribution in [3.05, 3.63) is 99.8 Å². The number of amides is 1. The molecular weight excluding hydrogens is 759 g/mol. The zero-order chi connectivity index (χ0) is 40.5. The van der Waals surface area contributed by atoms with Crippen LogP contribution >= 0.6 is 11.6 Å². The van der Waals surface area contributed by atoms with Crippen LogP contribution in [0.15, 0.2) is 60.7 Å². The van der Waals surface area contributed by atoms with E-state index in [2.05, 4.69) is 15.0 Å². The summed E-state index contributed by atoms with van der Waals surface area (Å²) in [6.07, 6.45) is -6.80. The van der Waals surface area contributed by atoms with Crippen molar-refractivity contribution in [3.8, 4) is 22.8 Å². The minimum absolute atomic E-state index is 0.0227. The summed E-state index contributed by atoms with van der Waals surface area (Å²) in [5.74, 6) is 0.0185. The van der Waals surface area contributed by atoms with Crippen LogP contribution in [-0.2, 0) is 24.0 Å². The van der Waals surface area contributed by atoms with Gasteiger partial charge in [0.05, 0.1) is 36.1 Å². The smallest absolute Gasteiger partial charge is 0.418 e. The molecule has 3 heterocycles. The molecule has 5 aromatic rings. The normalized spacial score (nSPS) is 13.6. The number of piperazine rings is 1. The van der Waals surface area contributed by atoms with Gasteiger partial charge in [0, 0.05) is 44.7 Å². The monoisotopic (exact) mass is 798 g/mol. The molecule has 16 heteroatoms. The van der Waals surface area contributed by atoms with Crippen molar-refractivity contribution in [1.29, 1.82) is 0 Å². The number of pyridine rings is 1. The van der Waals surface area contributed by atoms with Crippen molar-refractivity contribution in [1.82, 2.24) is 19.9 Å². The molecule has 2 aromatic heterocycles. The van der Waals surface area contributed by atoms with Crippen LogP contribution in [0.1, 0.15) is 43.0 Å². The molecule has 1 fully saturated rings. The van der Waals surface area contributed by atoms with E-state index in [-0.39, 0.29) is 61.9 Å². The molecule has 0 spiro atoms. The van der Waals surface area contributed by atoms with Crippen molar-refractivity contribution in [2.24, 2.45) is 0 Å². The fourth-order valence-electron chi connectivity index (χ4n) is 6.52. The Kier molecular flexibility index (Phi) is 11.5. The first-order valence-electron chi connectivity index (χ1n) is 17.6. The molecule has 0 radical (unpaired) electrons. The fourth-order valence-corrected chi connectivity index (χ4v) is 6.80. The SMILES string of the molecule is COc1ccc(CN(Cc2ccc(OC)cc2)c2cc(C)c(C(F)(F)F)c(-c3c(Cl)cc4c(N5CCN(C(=O)OC(C)(C)C)CC5)nc(F)nc4c3F)n2)cc1. The largest absolute Gasteiger partial charge is 0.497 e. The fraction of sp³-hybridized carbons (Fsp3) is 0.350. The lowest BCUT2D eigenvalue weighted by Gasteiger charge is -2.36. The molecule has 6 rings (SSSR count). The highest BCUT2D eigenvalue weighted by Crippen LogP contribution is 2.45. The van der Waals surface area contributed by atoms with Crippen LogP contribution < -0.4 is 19.3 Å². The van der Waals surface area contributed by atoms with Gasteiger partial charge < -0.3 is 28.9 Å². The second-order valence-electron chi connectivity index (χ2n) is 14.3. The number of anilines is 2. The van der Waals surface area contributed by atoms with Gasteiger partial charge >= 0.3 is 18.3 Å². The molecule has 1 amide bonds. The molecule has 56 heavy (non-hydrogen) atoms. The number of alkyl halides is 3. The predicted octanol–water partition coefficient (Wildman–Crippen LogP) is 9.23. The molecule has 296 valence electrons. The molecule has 3 aromatic carbocycles. The summed E-state index contributed by atoms with van der Waals surface area (Å²) in [6.45, 7) is 7.61. The molecule has 1 saturated heterocycles. The summed E-state index contributed by atoms with van der Waals surface area (Å²) in [5, 5.41) is -0.435. The molecule has 0 aliphatic carbocycles. The Balaban J connectivity index is 1.45. The van der Waals surface area contributed by atoms with E-state index in [4.69, 9.17) is 25.8 Å². The zero-order valence-corrected chi connectivity index (χ0v) is 32.4. The number of ether oxygens (including phenoxy) is 3. The van der Waals surface area contributed by atoms with Gasteiger partial charge in [-0.1, -0.05) is 35.9 Å². The number of rotatable bonds is 9. The standard InChI is InChI=1S/C40H40ClF5N6O4/c1-23-19-30(52(21-24-7-11-26(54-5)12-8-24)22-25-9-13-27(55-6)14-10-25)47-35(32(23)40(44,45)46)31-29(41)20-28-34(33(31)42)48-37(43)49-36(28)50-15-17-51(18-16-50)38(53)56-39(2,3)4/h7-14,19-20H,15-18,21-22H2,1-6H3. The number of carbonyl (C=O) groups is 1. The van der Waals surface area contributed by atoms with E-state index in [1.165, 1.54) is 38.2 Å². The van der Waals surface area contributed by atoms with Crippen molar-refractivity contribution >= 4 is 40.2 Å². The Morgan fingerprint density at radius 2 is 1.39 bits per heavy atom. The highest BCUT2D eigenvalue weighted by molar-refractivity contribution is 6.34. The van der Waals surface area contributed by atoms with E-state index >= 15 is 8.78 Å². The lowest BCUT2D eigenvalue weighted by atomic mass is 9.98. The van der Waals surface area contributed by atoms with E-state index in [9.17, 15) is 18.0 Å². The molecule has 0 atom stereocenters. The minimum atomic E-state index is -4.98. The maximum absolute atomic E-state index is 16.9. The number of hydrogen-bond donors (Lipinski definition) is 0. The molecule has 1 aliphatic rings. The average Bonchev–Trinajstić information content (AvgIpc) is 3.14. The summed E-state index contributed by atoms with van der Waals surface area (Å²) in [5.41, 5.74) is -2.61. The molecule has 1 aliphatic heterocycles. The maximum atomic E-state index is 16.9. The van der Waals surface area contributed by atoms with Crippen molar-refractivity contribution < 1.29 is 41.0 Å². The van der Waals surface area contributed by atoms with Crippen molar-refractivity contribution in [3.63, 3.8) is 0 Å². The highest BCUT2D eigenvalue weighted by atomic mass is 35.5. The summed E-state index contributed by atoms with van der Waals surface area (Å²) in [4.78, 5) is 29.6. The van der Waals surface area contributed by atoms with Gasteiger partial charge in [-0.2, -0.15) is 27.5 Å². The third-order valence-corrected chi connectivity index (χ3v) is 9.48. The summed E-state index contributed by atoms with van der Waals surface area (Å²) >= 11 is 6.72. The van der Waals surface area contributed by atoms with Crippen LogP contribution in [-0.4, -0.2) is 71.9 Å². The average molecular weight is 799 g/mol. The number of benzene rings is 3. The van der Waals surface area contributed by atoms with Crippen LogP contribution in [0.4, 0.5) is 38.4 Å². The Bertz CT molecular complexity index is 2180. The van der Waals surface area contributed by atoms with Crippen LogP contribution in [0.5, 0.6) is 11.5 Å². The highest BCUT2D eigenvalue weighted by Gasteiger charge is 2.39. The zero-order valence-electron chi connectivity index (χ0n) is 31.6. The lowest BCUT2D eigenvalue weighted by molar-refractivity contribution is -0.137. The van der Waals surface area contributed by atoms with E-state index in [0.717, 1.165) is 11.1 Å². The van der Waals surface area contributed by atoms with Gasteiger partial charge in [0.25, 0.3) is 0 Å². The number of aryl methyl sites for hydroxylation is 1. The molecule has 0 unspecified atom stereocenters. The second-order valence-corrected chi connectivity index (χ2v) is 14.7. The van der Waals surface area contributed by atoms with E-state index in [1.54, 1.807) is 54.8 Å². The Labute approximate surface area is 325 Å². The van der Waals surface area contributed by atoms with Crippen LogP contribution in [0.2, 0.25) is 5.02 Å². The Morgan fingerprint density at radius 1 is 0.839 bits per heavy atom. The molecular formula is C40H40ClF5N6O4. The number of fused-ring (bicyclic) bond motifs is 1. The van der Waals surface area contributed by atoms with Gasteiger partial charge in [0.15, 0.2) is 5.82 Å². The van der Waals surface area contributed by atoms with Crippen molar-refractivity contribution in [2.45, 2.75) is 52.6 Å². The van der Waals surface area contributed by atoms with Crippen LogP contribution in [0, 0.1) is 18.8 Å². The first-order valence-corrected chi connectivity index (χ1v) is 18.0. The number of methoxy groups -OCH3 is 2. The second kappa shape index (κ2) is 16.0. The molecule has 10 nitrogen and oxygen atoms in total. The third kappa shape index (κ3) is 8.83. The summed E-state index contributed by atoms with van der Waals surface area (Å²) in [7, 11) is 3.07. The summed E-state index contributed by atoms with van der Waals surface area (Å²) < 4.78 is 92.8. The molecule has 0 saturated carbocycles. The van der Waals surface area contributed by atoms with E-state index in [1.807, 2.05) is 24.3 Å². The topological polar surface area (TPSA) is 93.2 Å². The molecule has 0 N–H and O–H groups in total. The van der Waals surface area contributed by atoms with Gasteiger partial charge in [-0.25, -0.2) is 14.2 Å². The maximum Gasteiger partial charge on any atom is 0.418 e. The predicted molar refractivity (Wildman–Crippen MR) is 203 cm³/mol. The number of halogens is 6. The number of aromatic nitrogens is 3. The van der Waals surface area contributed by atoms with Gasteiger partial charge in [0.1, 0.15) is 34.3 Å². The minimum Gasteiger partial charge on any atom is -0.497 e. The Hall–Kier alpha value is -5.44. The Morgan fingerprint density at radius 3 is 1.89 bits per heavy atom. The first kappa shape index (κ1) is 40.2. The third-order valence-electron chi connectivity index (χ3n) is 9.18. The van der Waals surface area contributed by atoms with Gasteiger partial charge in [-0.3, -0.25) is 0 Å². The number of hydrogen-bond acceptors (Lipinski definition) is 9. The number of nitrogens with zero attached hydrogens (tertiary/aromatic N) is 6. The van der Waals surface area contributed by atoms with E-state index in [0.29, 0.717) is 11.5 Å². The lowest BCUT2D eigenvalue weighted by Crippen LogP contribution is -2.50. The van der Waals surface area contributed by atoms with Crippen LogP contribution in [0.25, 0.3) is 22.2 Å². The number of carbonyl (C=O) groups excluding carboxylic acids is 1. The van der Waals surface area contributed by atoms with Crippen molar-refractivity contribution in [2.75, 3.05) is 50.2 Å².